The van der Waals surface area contributed by atoms with Gasteiger partial charge in [0.15, 0.2) is 11.6 Å². The van der Waals surface area contributed by atoms with Crippen molar-refractivity contribution in [3.8, 4) is 0 Å². The topological polar surface area (TPSA) is 54.4 Å². The number of rotatable bonds is 2. The Morgan fingerprint density at radius 3 is 2.53 bits per heavy atom. The van der Waals surface area contributed by atoms with Crippen LogP contribution in [0.1, 0.15) is 40.0 Å². The second-order valence-electron chi connectivity index (χ2n) is 9.86. The predicted molar refractivity (Wildman–Crippen MR) is 117 cm³/mol. The van der Waals surface area contributed by atoms with Crippen LogP contribution in [0.2, 0.25) is 0 Å². The van der Waals surface area contributed by atoms with E-state index in [1.807, 2.05) is 13.8 Å². The van der Waals surface area contributed by atoms with Crippen LogP contribution in [0.4, 0.5) is 4.39 Å². The van der Waals surface area contributed by atoms with E-state index in [0.717, 1.165) is 0 Å². The van der Waals surface area contributed by atoms with E-state index in [-0.39, 0.29) is 41.2 Å². The molecule has 4 rings (SSSR count). The Balaban J connectivity index is 1.89. The van der Waals surface area contributed by atoms with E-state index in [4.69, 9.17) is 46.4 Å². The number of carbonyl (C=O) groups is 2. The van der Waals surface area contributed by atoms with Crippen LogP contribution in [-0.2, 0) is 9.59 Å². The summed E-state index contributed by atoms with van der Waals surface area (Å²) in [4.78, 5) is 23.8. The number of hydrogen-bond donors (Lipinski definition) is 1. The fraction of sp³-hybridized carbons (Fsp3) is 0.727. The first-order valence-electron chi connectivity index (χ1n) is 10.2. The van der Waals surface area contributed by atoms with Gasteiger partial charge in [-0.3, -0.25) is 9.59 Å². The van der Waals surface area contributed by atoms with Gasteiger partial charge in [0.25, 0.3) is 0 Å². The molecule has 9 atom stereocenters. The van der Waals surface area contributed by atoms with Crippen molar-refractivity contribution >= 4 is 58.0 Å². The van der Waals surface area contributed by atoms with Crippen molar-refractivity contribution in [2.24, 2.45) is 28.6 Å². The van der Waals surface area contributed by atoms with Crippen molar-refractivity contribution in [2.75, 3.05) is 5.88 Å². The highest BCUT2D eigenvalue weighted by molar-refractivity contribution is 6.45. The van der Waals surface area contributed by atoms with Crippen LogP contribution >= 0.6 is 46.4 Å². The summed E-state index contributed by atoms with van der Waals surface area (Å²) >= 11 is 26.4. The van der Waals surface area contributed by atoms with Gasteiger partial charge in [-0.15, -0.1) is 34.8 Å². The molecule has 8 heteroatoms. The van der Waals surface area contributed by atoms with Gasteiger partial charge in [0.2, 0.25) is 0 Å². The maximum absolute atomic E-state index is 15.6. The van der Waals surface area contributed by atoms with Crippen LogP contribution in [-0.4, -0.2) is 44.6 Å². The van der Waals surface area contributed by atoms with Crippen LogP contribution < -0.4 is 0 Å². The fourth-order valence-electron chi connectivity index (χ4n) is 7.26. The fourth-order valence-corrected chi connectivity index (χ4v) is 9.04. The van der Waals surface area contributed by atoms with Crippen molar-refractivity contribution in [2.45, 2.75) is 62.1 Å². The van der Waals surface area contributed by atoms with Crippen LogP contribution in [0.15, 0.2) is 22.8 Å². The highest BCUT2D eigenvalue weighted by Gasteiger charge is 2.75. The average molecular weight is 498 g/mol. The molecule has 30 heavy (non-hydrogen) atoms. The molecule has 166 valence electrons. The maximum atomic E-state index is 15.6. The lowest BCUT2D eigenvalue weighted by molar-refractivity contribution is -0.163. The molecule has 3 fully saturated rings. The number of allylic oxidation sites excluding steroid dienone is 4. The molecule has 3 nitrogen and oxygen atoms in total. The van der Waals surface area contributed by atoms with Crippen molar-refractivity contribution in [3.05, 3.63) is 22.8 Å². The molecule has 0 bridgehead atoms. The Kier molecular flexibility index (Phi) is 5.33. The van der Waals surface area contributed by atoms with Gasteiger partial charge in [-0.05, 0) is 48.7 Å². The first kappa shape index (κ1) is 23.0. The van der Waals surface area contributed by atoms with E-state index in [9.17, 15) is 14.7 Å². The van der Waals surface area contributed by atoms with E-state index in [1.54, 1.807) is 13.0 Å². The van der Waals surface area contributed by atoms with Crippen LogP contribution in [0, 0.1) is 28.6 Å². The number of alkyl halides is 4. The molecule has 0 heterocycles. The minimum absolute atomic E-state index is 0.0348. The van der Waals surface area contributed by atoms with Gasteiger partial charge < -0.3 is 5.11 Å². The second kappa shape index (κ2) is 6.93. The van der Waals surface area contributed by atoms with E-state index in [0.29, 0.717) is 6.42 Å². The van der Waals surface area contributed by atoms with Gasteiger partial charge in [-0.2, -0.15) is 0 Å². The molecule has 0 unspecified atom stereocenters. The van der Waals surface area contributed by atoms with Gasteiger partial charge in [-0.25, -0.2) is 4.39 Å². The monoisotopic (exact) mass is 496 g/mol. The Labute approximate surface area is 195 Å². The summed E-state index contributed by atoms with van der Waals surface area (Å²) in [6.07, 6.45) is 2.32. The standard InChI is InChI=1S/C22H25Cl4FO3/c1-10-6-11-12-7-13(27)17-18(25)14(28)4-5-19(17,2)21(12,26)15(24)8-20(11,3)22(10,30)16(29)9-23/h4-5,10-13,15,30H,6-9H2,1-3H3/t10-,11+,12+,13+,15+,19+,20+,21+,22+/m1/s1. The number of carbonyl (C=O) groups excluding carboxylic acids is 2. The highest BCUT2D eigenvalue weighted by Crippen LogP contribution is 2.72. The summed E-state index contributed by atoms with van der Waals surface area (Å²) < 4.78 is 15.6. The second-order valence-corrected chi connectivity index (χ2v) is 11.7. The summed E-state index contributed by atoms with van der Waals surface area (Å²) in [5, 5.41) is 10.8. The lowest BCUT2D eigenvalue weighted by Crippen LogP contribution is -2.69. The molecule has 0 amide bonds. The van der Waals surface area contributed by atoms with Gasteiger partial charge in [0, 0.05) is 10.8 Å². The molecule has 0 aromatic heterocycles. The molecule has 0 aliphatic heterocycles. The molecule has 0 saturated heterocycles. The lowest BCUT2D eigenvalue weighted by Gasteiger charge is -2.64. The van der Waals surface area contributed by atoms with Crippen molar-refractivity contribution in [3.63, 3.8) is 0 Å². The molecule has 0 aromatic carbocycles. The summed E-state index contributed by atoms with van der Waals surface area (Å²) in [5.41, 5.74) is -3.40. The summed E-state index contributed by atoms with van der Waals surface area (Å²) in [6.45, 7) is 5.46. The number of aliphatic hydroxyl groups is 1. The van der Waals surface area contributed by atoms with Gasteiger partial charge in [-0.1, -0.05) is 38.4 Å². The Hall–Kier alpha value is -0.130. The predicted octanol–water partition coefficient (Wildman–Crippen LogP) is 5.17. The zero-order valence-corrected chi connectivity index (χ0v) is 20.0. The molecule has 0 spiro atoms. The van der Waals surface area contributed by atoms with E-state index in [1.165, 1.54) is 6.08 Å². The normalized spacial score (nSPS) is 52.7. The third kappa shape index (κ3) is 2.44. The highest BCUT2D eigenvalue weighted by atomic mass is 35.5. The third-order valence-corrected chi connectivity index (χ3v) is 11.0. The van der Waals surface area contributed by atoms with E-state index < -0.39 is 50.3 Å². The molecule has 1 N–H and O–H groups in total. The van der Waals surface area contributed by atoms with Crippen molar-refractivity contribution in [1.29, 1.82) is 0 Å². The molecule has 4 aliphatic carbocycles. The summed E-state index contributed by atoms with van der Waals surface area (Å²) in [7, 11) is 0. The summed E-state index contributed by atoms with van der Waals surface area (Å²) in [6, 6.07) is 0. The largest absolute Gasteiger partial charge is 0.381 e. The van der Waals surface area contributed by atoms with Gasteiger partial charge in [0.1, 0.15) is 11.8 Å². The Morgan fingerprint density at radius 2 is 1.93 bits per heavy atom. The van der Waals surface area contributed by atoms with Gasteiger partial charge in [0.05, 0.1) is 21.2 Å². The third-order valence-electron chi connectivity index (χ3n) is 8.79. The van der Waals surface area contributed by atoms with E-state index >= 15 is 4.39 Å². The molecule has 0 aromatic rings. The first-order valence-corrected chi connectivity index (χ1v) is 12.0. The SMILES string of the molecule is C[C@@H]1C[C@H]2[C@@H]3C[C@H](F)C4=C(Cl)C(=O)C=C[C@]4(C)[C@@]3(Cl)[C@@H](Cl)C[C@]2(C)[C@@]1(O)C(=O)CCl. The maximum Gasteiger partial charge on any atom is 0.196 e. The molecular formula is C22H25Cl4FO3. The zero-order valence-electron chi connectivity index (χ0n) is 17.0. The van der Waals surface area contributed by atoms with Crippen LogP contribution in [0.3, 0.4) is 0 Å². The number of halogens is 5. The Bertz CT molecular complexity index is 890. The van der Waals surface area contributed by atoms with Crippen LogP contribution in [0.25, 0.3) is 0 Å². The van der Waals surface area contributed by atoms with Gasteiger partial charge >= 0.3 is 0 Å². The zero-order chi connectivity index (χ0) is 22.4. The molecule has 4 aliphatic rings. The first-order chi connectivity index (χ1) is 13.8. The Morgan fingerprint density at radius 1 is 1.30 bits per heavy atom. The smallest absolute Gasteiger partial charge is 0.196 e. The molecular weight excluding hydrogens is 473 g/mol. The average Bonchev–Trinajstić information content (AvgIpc) is 2.88. The number of fused-ring (bicyclic) bond motifs is 5. The molecule has 3 saturated carbocycles. The minimum atomic E-state index is -1.65. The quantitative estimate of drug-likeness (QED) is 0.535. The van der Waals surface area contributed by atoms with E-state index in [2.05, 4.69) is 0 Å². The summed E-state index contributed by atoms with van der Waals surface area (Å²) in [5.74, 6) is -2.20. The van der Waals surface area contributed by atoms with Crippen molar-refractivity contribution < 1.29 is 19.1 Å². The minimum Gasteiger partial charge on any atom is -0.381 e. The molecule has 0 radical (unpaired) electrons. The number of ketones is 2. The van der Waals surface area contributed by atoms with Crippen molar-refractivity contribution in [1.82, 2.24) is 0 Å². The number of Topliss-reactive ketones (excluding diaryl/α,β-unsaturated/α-hetero) is 1. The lowest BCUT2D eigenvalue weighted by atomic mass is 9.46. The number of hydrogen-bond acceptors (Lipinski definition) is 3. The van der Waals surface area contributed by atoms with Crippen LogP contribution in [0.5, 0.6) is 0 Å².